The molecule has 0 bridgehead atoms. The standard InChI is InChI=1S/C17H22N2O/c1-12-9-13(16-7-2-3-8-17(16)19-12)11-20-15-6-4-5-14(18)10-15/h2-3,7-9,14-15H,4-6,10-11,18H2,1H3. The molecule has 0 aliphatic heterocycles. The van der Waals surface area contributed by atoms with E-state index < -0.39 is 0 Å². The fraction of sp³-hybridized carbons (Fsp3) is 0.471. The van der Waals surface area contributed by atoms with Crippen molar-refractivity contribution in [3.05, 3.63) is 41.6 Å². The molecule has 1 aromatic heterocycles. The van der Waals surface area contributed by atoms with Crippen LogP contribution in [0.2, 0.25) is 0 Å². The van der Waals surface area contributed by atoms with Crippen LogP contribution in [0.5, 0.6) is 0 Å². The molecule has 2 N–H and O–H groups in total. The summed E-state index contributed by atoms with van der Waals surface area (Å²) in [5.74, 6) is 0. The first kappa shape index (κ1) is 13.5. The van der Waals surface area contributed by atoms with Crippen molar-refractivity contribution in [2.45, 2.75) is 51.4 Å². The highest BCUT2D eigenvalue weighted by Crippen LogP contribution is 2.23. The Hall–Kier alpha value is -1.45. The summed E-state index contributed by atoms with van der Waals surface area (Å²) in [6, 6.07) is 10.7. The number of para-hydroxylation sites is 1. The molecule has 2 aromatic rings. The van der Waals surface area contributed by atoms with E-state index in [1.54, 1.807) is 0 Å². The van der Waals surface area contributed by atoms with Gasteiger partial charge in [-0.3, -0.25) is 4.98 Å². The number of aryl methyl sites for hydroxylation is 1. The summed E-state index contributed by atoms with van der Waals surface area (Å²) in [6.45, 7) is 2.69. The van der Waals surface area contributed by atoms with Crippen LogP contribution in [-0.4, -0.2) is 17.1 Å². The van der Waals surface area contributed by atoms with Crippen LogP contribution in [0.1, 0.15) is 36.9 Å². The molecule has 1 fully saturated rings. The van der Waals surface area contributed by atoms with E-state index in [9.17, 15) is 0 Å². The Morgan fingerprint density at radius 2 is 2.15 bits per heavy atom. The number of fused-ring (bicyclic) bond motifs is 1. The molecule has 0 saturated heterocycles. The van der Waals surface area contributed by atoms with E-state index in [4.69, 9.17) is 10.5 Å². The number of rotatable bonds is 3. The molecule has 2 atom stereocenters. The maximum atomic E-state index is 6.09. The third-order valence-electron chi connectivity index (χ3n) is 4.07. The minimum absolute atomic E-state index is 0.310. The Kier molecular flexibility index (Phi) is 3.99. The first-order chi connectivity index (χ1) is 9.72. The Morgan fingerprint density at radius 3 is 3.00 bits per heavy atom. The van der Waals surface area contributed by atoms with Gasteiger partial charge in [0.1, 0.15) is 0 Å². The first-order valence-electron chi connectivity index (χ1n) is 7.45. The van der Waals surface area contributed by atoms with Crippen molar-refractivity contribution in [2.75, 3.05) is 0 Å². The molecular weight excluding hydrogens is 248 g/mol. The van der Waals surface area contributed by atoms with Crippen LogP contribution in [0.15, 0.2) is 30.3 Å². The minimum Gasteiger partial charge on any atom is -0.373 e. The Labute approximate surface area is 120 Å². The van der Waals surface area contributed by atoms with Gasteiger partial charge < -0.3 is 10.5 Å². The van der Waals surface area contributed by atoms with Crippen molar-refractivity contribution < 1.29 is 4.74 Å². The number of aromatic nitrogens is 1. The smallest absolute Gasteiger partial charge is 0.0727 e. The molecule has 1 aliphatic carbocycles. The number of nitrogens with two attached hydrogens (primary N) is 1. The lowest BCUT2D eigenvalue weighted by atomic mass is 9.93. The maximum absolute atomic E-state index is 6.09. The van der Waals surface area contributed by atoms with Crippen LogP contribution in [0.4, 0.5) is 0 Å². The second-order valence-electron chi connectivity index (χ2n) is 5.80. The summed E-state index contributed by atoms with van der Waals surface area (Å²) in [5.41, 5.74) is 9.34. The van der Waals surface area contributed by atoms with Gasteiger partial charge in [-0.25, -0.2) is 0 Å². The monoisotopic (exact) mass is 270 g/mol. The van der Waals surface area contributed by atoms with Gasteiger partial charge in [0.15, 0.2) is 0 Å². The summed E-state index contributed by atoms with van der Waals surface area (Å²) < 4.78 is 6.09. The molecule has 1 aliphatic rings. The summed E-state index contributed by atoms with van der Waals surface area (Å²) in [5, 5.41) is 1.19. The summed E-state index contributed by atoms with van der Waals surface area (Å²) in [6.07, 6.45) is 4.75. The molecule has 2 unspecified atom stereocenters. The lowest BCUT2D eigenvalue weighted by molar-refractivity contribution is 0.0127. The van der Waals surface area contributed by atoms with Gasteiger partial charge in [0, 0.05) is 17.1 Å². The lowest BCUT2D eigenvalue weighted by Gasteiger charge is -2.26. The van der Waals surface area contributed by atoms with E-state index in [0.29, 0.717) is 18.8 Å². The number of hydrogen-bond acceptors (Lipinski definition) is 3. The minimum atomic E-state index is 0.310. The first-order valence-corrected chi connectivity index (χ1v) is 7.45. The zero-order valence-corrected chi connectivity index (χ0v) is 12.0. The van der Waals surface area contributed by atoms with Crippen molar-refractivity contribution in [1.82, 2.24) is 4.98 Å². The van der Waals surface area contributed by atoms with Gasteiger partial charge in [0.2, 0.25) is 0 Å². The molecule has 1 saturated carbocycles. The van der Waals surface area contributed by atoms with Gasteiger partial charge in [-0.1, -0.05) is 18.2 Å². The highest BCUT2D eigenvalue weighted by atomic mass is 16.5. The normalized spacial score (nSPS) is 23.1. The van der Waals surface area contributed by atoms with E-state index in [0.717, 1.165) is 30.5 Å². The zero-order chi connectivity index (χ0) is 13.9. The number of benzene rings is 1. The lowest BCUT2D eigenvalue weighted by Crippen LogP contribution is -2.32. The van der Waals surface area contributed by atoms with Crippen molar-refractivity contribution in [1.29, 1.82) is 0 Å². The highest BCUT2D eigenvalue weighted by molar-refractivity contribution is 5.82. The maximum Gasteiger partial charge on any atom is 0.0727 e. The molecule has 0 spiro atoms. The van der Waals surface area contributed by atoms with E-state index in [-0.39, 0.29) is 0 Å². The molecule has 3 rings (SSSR count). The van der Waals surface area contributed by atoms with Gasteiger partial charge in [-0.15, -0.1) is 0 Å². The van der Waals surface area contributed by atoms with Crippen LogP contribution in [0.3, 0.4) is 0 Å². The van der Waals surface area contributed by atoms with Crippen molar-refractivity contribution in [3.63, 3.8) is 0 Å². The number of pyridine rings is 1. The van der Waals surface area contributed by atoms with Crippen LogP contribution in [0.25, 0.3) is 10.9 Å². The zero-order valence-electron chi connectivity index (χ0n) is 12.0. The molecule has 20 heavy (non-hydrogen) atoms. The average Bonchev–Trinajstić information content (AvgIpc) is 2.44. The largest absolute Gasteiger partial charge is 0.373 e. The Balaban J connectivity index is 1.77. The molecule has 106 valence electrons. The predicted molar refractivity (Wildman–Crippen MR) is 81.5 cm³/mol. The molecule has 1 heterocycles. The molecule has 1 aromatic carbocycles. The third-order valence-corrected chi connectivity index (χ3v) is 4.07. The summed E-state index contributed by atoms with van der Waals surface area (Å²) in [7, 11) is 0. The Bertz CT molecular complexity index is 597. The van der Waals surface area contributed by atoms with Crippen LogP contribution in [0, 0.1) is 6.92 Å². The van der Waals surface area contributed by atoms with Crippen molar-refractivity contribution in [2.24, 2.45) is 5.73 Å². The fourth-order valence-corrected chi connectivity index (χ4v) is 3.05. The van der Waals surface area contributed by atoms with Crippen molar-refractivity contribution >= 4 is 10.9 Å². The quantitative estimate of drug-likeness (QED) is 0.930. The average molecular weight is 270 g/mol. The highest BCUT2D eigenvalue weighted by Gasteiger charge is 2.19. The van der Waals surface area contributed by atoms with E-state index >= 15 is 0 Å². The van der Waals surface area contributed by atoms with Crippen molar-refractivity contribution in [3.8, 4) is 0 Å². The second-order valence-corrected chi connectivity index (χ2v) is 5.80. The molecule has 0 amide bonds. The van der Waals surface area contributed by atoms with E-state index in [1.807, 2.05) is 13.0 Å². The number of ether oxygens (including phenoxy) is 1. The van der Waals surface area contributed by atoms with E-state index in [1.165, 1.54) is 17.4 Å². The van der Waals surface area contributed by atoms with Gasteiger partial charge in [-0.05, 0) is 50.3 Å². The molecule has 3 heteroatoms. The van der Waals surface area contributed by atoms with Gasteiger partial charge in [-0.2, -0.15) is 0 Å². The third kappa shape index (κ3) is 3.00. The topological polar surface area (TPSA) is 48.1 Å². The molecule has 0 radical (unpaired) electrons. The molecule has 3 nitrogen and oxygen atoms in total. The number of nitrogens with zero attached hydrogens (tertiary/aromatic N) is 1. The van der Waals surface area contributed by atoms with Gasteiger partial charge in [0.25, 0.3) is 0 Å². The van der Waals surface area contributed by atoms with Crippen LogP contribution in [-0.2, 0) is 11.3 Å². The van der Waals surface area contributed by atoms with Crippen LogP contribution < -0.4 is 5.73 Å². The van der Waals surface area contributed by atoms with E-state index in [2.05, 4.69) is 29.2 Å². The van der Waals surface area contributed by atoms with Crippen LogP contribution >= 0.6 is 0 Å². The molecular formula is C17H22N2O. The van der Waals surface area contributed by atoms with Gasteiger partial charge in [0.05, 0.1) is 18.2 Å². The summed E-state index contributed by atoms with van der Waals surface area (Å²) in [4.78, 5) is 4.57. The fourth-order valence-electron chi connectivity index (χ4n) is 3.05. The van der Waals surface area contributed by atoms with Gasteiger partial charge >= 0.3 is 0 Å². The second kappa shape index (κ2) is 5.90. The SMILES string of the molecule is Cc1cc(COC2CCCC(N)C2)c2ccccc2n1. The summed E-state index contributed by atoms with van der Waals surface area (Å²) >= 11 is 0. The Morgan fingerprint density at radius 1 is 1.30 bits per heavy atom. The number of hydrogen-bond donors (Lipinski definition) is 1. The predicted octanol–water partition coefficient (Wildman–Crippen LogP) is 3.33.